The molecule has 0 aliphatic carbocycles. The molecule has 34 heavy (non-hydrogen) atoms. The predicted octanol–water partition coefficient (Wildman–Crippen LogP) is 5.05. The zero-order chi connectivity index (χ0) is 24.3. The molecule has 1 atom stereocenters. The normalized spacial score (nSPS) is 16.4. The molecule has 3 aromatic carbocycles. The van der Waals surface area contributed by atoms with Crippen LogP contribution in [0.5, 0.6) is 5.75 Å². The van der Waals surface area contributed by atoms with Crippen molar-refractivity contribution in [3.8, 4) is 5.75 Å². The lowest BCUT2D eigenvalue weighted by molar-refractivity contribution is -0.122. The van der Waals surface area contributed by atoms with Gasteiger partial charge in [-0.1, -0.05) is 45.0 Å². The number of benzene rings is 3. The molecule has 1 N–H and O–H groups in total. The maximum atomic E-state index is 13.1. The van der Waals surface area contributed by atoms with E-state index in [-0.39, 0.29) is 12.0 Å². The topological polar surface area (TPSA) is 88.9 Å². The molecule has 0 unspecified atom stereocenters. The van der Waals surface area contributed by atoms with E-state index in [9.17, 15) is 13.2 Å². The number of nitrogens with zero attached hydrogens (tertiary/aromatic N) is 1. The maximum Gasteiger partial charge on any atom is 0.267 e. The van der Waals surface area contributed by atoms with Gasteiger partial charge in [0.05, 0.1) is 18.5 Å². The number of nitrogens with one attached hydrogen (secondary N) is 1. The highest BCUT2D eigenvalue weighted by Gasteiger charge is 2.36. The summed E-state index contributed by atoms with van der Waals surface area (Å²) < 4.78 is 38.3. The van der Waals surface area contributed by atoms with E-state index in [0.29, 0.717) is 22.7 Å². The van der Waals surface area contributed by atoms with Crippen molar-refractivity contribution in [3.05, 3.63) is 66.2 Å². The van der Waals surface area contributed by atoms with Crippen LogP contribution in [0.4, 0.5) is 11.4 Å². The monoisotopic (exact) mass is 478 g/mol. The Bertz CT molecular complexity index is 1530. The minimum atomic E-state index is -3.63. The molecule has 0 saturated carbocycles. The standard InChI is InChI=1S/C26H26N2O5S/c1-26(2,3)16-9-12-22-20(13-16)28(34(4,30)31)15-24(33-22)25(29)27-17-10-11-19-18-7-5-6-8-21(18)32-23(19)14-17/h5-14,24H,15H2,1-4H3,(H,27,29)/t24-/m1/s1. The van der Waals surface area contributed by atoms with E-state index in [1.165, 1.54) is 4.31 Å². The van der Waals surface area contributed by atoms with Crippen molar-refractivity contribution < 1.29 is 22.4 Å². The number of ether oxygens (including phenoxy) is 1. The molecule has 0 bridgehead atoms. The molecule has 1 aliphatic heterocycles. The summed E-state index contributed by atoms with van der Waals surface area (Å²) in [6, 6.07) is 18.6. The number of carbonyl (C=O) groups is 1. The van der Waals surface area contributed by atoms with Gasteiger partial charge in [0.25, 0.3) is 5.91 Å². The summed E-state index contributed by atoms with van der Waals surface area (Å²) in [7, 11) is -3.63. The lowest BCUT2D eigenvalue weighted by Gasteiger charge is -2.35. The first kappa shape index (κ1) is 22.3. The molecule has 0 radical (unpaired) electrons. The van der Waals surface area contributed by atoms with E-state index in [0.717, 1.165) is 28.2 Å². The Labute approximate surface area is 198 Å². The second-order valence-corrected chi connectivity index (χ2v) is 11.5. The van der Waals surface area contributed by atoms with Gasteiger partial charge < -0.3 is 14.5 Å². The first-order chi connectivity index (χ1) is 16.0. The van der Waals surface area contributed by atoms with E-state index in [2.05, 4.69) is 26.1 Å². The summed E-state index contributed by atoms with van der Waals surface area (Å²) in [6.07, 6.45) is 0.130. The number of hydrogen-bond acceptors (Lipinski definition) is 5. The van der Waals surface area contributed by atoms with E-state index in [4.69, 9.17) is 9.15 Å². The number of furan rings is 1. The second-order valence-electron chi connectivity index (χ2n) is 9.63. The summed E-state index contributed by atoms with van der Waals surface area (Å²) in [4.78, 5) is 13.1. The van der Waals surface area contributed by atoms with Gasteiger partial charge in [-0.15, -0.1) is 0 Å². The SMILES string of the molecule is CC(C)(C)c1ccc2c(c1)N(S(C)(=O)=O)C[C@H](C(=O)Nc1ccc3c(c1)oc1ccccc13)O2. The average molecular weight is 479 g/mol. The number of anilines is 2. The molecular weight excluding hydrogens is 452 g/mol. The minimum absolute atomic E-state index is 0.113. The van der Waals surface area contributed by atoms with Crippen LogP contribution in [0.3, 0.4) is 0 Å². The molecule has 176 valence electrons. The first-order valence-corrected chi connectivity index (χ1v) is 12.9. The quantitative estimate of drug-likeness (QED) is 0.445. The fourth-order valence-electron chi connectivity index (χ4n) is 4.19. The van der Waals surface area contributed by atoms with Crippen LogP contribution >= 0.6 is 0 Å². The average Bonchev–Trinajstić information content (AvgIpc) is 3.14. The molecule has 1 aromatic heterocycles. The summed E-state index contributed by atoms with van der Waals surface area (Å²) in [5.41, 5.74) is 3.22. The highest BCUT2D eigenvalue weighted by Crippen LogP contribution is 2.39. The zero-order valence-corrected chi connectivity index (χ0v) is 20.3. The van der Waals surface area contributed by atoms with Gasteiger partial charge in [0.15, 0.2) is 6.10 Å². The Morgan fingerprint density at radius 3 is 2.47 bits per heavy atom. The molecule has 0 spiro atoms. The zero-order valence-electron chi connectivity index (χ0n) is 19.5. The fraction of sp³-hybridized carbons (Fsp3) is 0.269. The van der Waals surface area contributed by atoms with Crippen LogP contribution in [0.1, 0.15) is 26.3 Å². The van der Waals surface area contributed by atoms with Gasteiger partial charge in [-0.3, -0.25) is 9.10 Å². The van der Waals surface area contributed by atoms with Gasteiger partial charge in [0.2, 0.25) is 10.0 Å². The van der Waals surface area contributed by atoms with E-state index < -0.39 is 22.0 Å². The van der Waals surface area contributed by atoms with Crippen molar-refractivity contribution in [1.29, 1.82) is 0 Å². The van der Waals surface area contributed by atoms with E-state index in [1.807, 2.05) is 42.5 Å². The van der Waals surface area contributed by atoms with Gasteiger partial charge in [0.1, 0.15) is 16.9 Å². The Morgan fingerprint density at radius 1 is 1.00 bits per heavy atom. The van der Waals surface area contributed by atoms with Crippen molar-refractivity contribution >= 4 is 49.2 Å². The van der Waals surface area contributed by atoms with Crippen molar-refractivity contribution in [1.82, 2.24) is 0 Å². The molecule has 0 fully saturated rings. The van der Waals surface area contributed by atoms with E-state index >= 15 is 0 Å². The molecule has 8 heteroatoms. The molecule has 0 saturated heterocycles. The molecule has 7 nitrogen and oxygen atoms in total. The van der Waals surface area contributed by atoms with Crippen LogP contribution in [0, 0.1) is 0 Å². The van der Waals surface area contributed by atoms with Crippen molar-refractivity contribution in [3.63, 3.8) is 0 Å². The van der Waals surface area contributed by atoms with Crippen molar-refractivity contribution in [2.24, 2.45) is 0 Å². The smallest absolute Gasteiger partial charge is 0.267 e. The molecule has 2 heterocycles. The Balaban J connectivity index is 1.44. The summed E-state index contributed by atoms with van der Waals surface area (Å²) in [6.45, 7) is 6.05. The number of hydrogen-bond donors (Lipinski definition) is 1. The predicted molar refractivity (Wildman–Crippen MR) is 134 cm³/mol. The van der Waals surface area contributed by atoms with Crippen LogP contribution in [0.2, 0.25) is 0 Å². The third-order valence-corrected chi connectivity index (χ3v) is 7.18. The maximum absolute atomic E-state index is 13.1. The largest absolute Gasteiger partial charge is 0.476 e. The van der Waals surface area contributed by atoms with Crippen LogP contribution in [0.25, 0.3) is 21.9 Å². The number of amides is 1. The lowest BCUT2D eigenvalue weighted by atomic mass is 9.86. The molecule has 5 rings (SSSR count). The number of rotatable bonds is 3. The third-order valence-electron chi connectivity index (χ3n) is 6.03. The van der Waals surface area contributed by atoms with Gasteiger partial charge in [-0.25, -0.2) is 8.42 Å². The Hall–Kier alpha value is -3.52. The first-order valence-electron chi connectivity index (χ1n) is 11.0. The van der Waals surface area contributed by atoms with E-state index in [1.54, 1.807) is 18.2 Å². The molecular formula is C26H26N2O5S. The number of fused-ring (bicyclic) bond motifs is 4. The Morgan fingerprint density at radius 2 is 1.74 bits per heavy atom. The minimum Gasteiger partial charge on any atom is -0.476 e. The summed E-state index contributed by atoms with van der Waals surface area (Å²) in [5, 5.41) is 4.80. The van der Waals surface area contributed by atoms with Crippen LogP contribution < -0.4 is 14.4 Å². The number of sulfonamides is 1. The van der Waals surface area contributed by atoms with Gasteiger partial charge >= 0.3 is 0 Å². The number of para-hydroxylation sites is 1. The highest BCUT2D eigenvalue weighted by molar-refractivity contribution is 7.92. The third kappa shape index (κ3) is 3.98. The molecule has 4 aromatic rings. The van der Waals surface area contributed by atoms with Gasteiger partial charge in [0, 0.05) is 22.5 Å². The van der Waals surface area contributed by atoms with Crippen LogP contribution in [-0.4, -0.2) is 33.2 Å². The van der Waals surface area contributed by atoms with Crippen LogP contribution in [0.15, 0.2) is 65.1 Å². The van der Waals surface area contributed by atoms with Gasteiger partial charge in [-0.2, -0.15) is 0 Å². The van der Waals surface area contributed by atoms with Crippen molar-refractivity contribution in [2.45, 2.75) is 32.3 Å². The summed E-state index contributed by atoms with van der Waals surface area (Å²) >= 11 is 0. The number of carbonyl (C=O) groups excluding carboxylic acids is 1. The lowest BCUT2D eigenvalue weighted by Crippen LogP contribution is -2.48. The van der Waals surface area contributed by atoms with Gasteiger partial charge in [-0.05, 0) is 41.3 Å². The molecule has 1 aliphatic rings. The fourth-order valence-corrected chi connectivity index (χ4v) is 5.10. The highest BCUT2D eigenvalue weighted by atomic mass is 32.2. The Kier molecular flexibility index (Phi) is 5.09. The molecule has 1 amide bonds. The second kappa shape index (κ2) is 7.77. The summed E-state index contributed by atoms with van der Waals surface area (Å²) in [5.74, 6) is -0.0766. The van der Waals surface area contributed by atoms with Crippen LogP contribution in [-0.2, 0) is 20.2 Å². The van der Waals surface area contributed by atoms with Crippen molar-refractivity contribution in [2.75, 3.05) is 22.4 Å².